The molecule has 2 atom stereocenters. The van der Waals surface area contributed by atoms with E-state index in [1.54, 1.807) is 6.26 Å². The second-order valence-electron chi connectivity index (χ2n) is 5.81. The number of likely N-dealkylation sites (N-methyl/N-ethyl adjacent to an activating group) is 1. The average molecular weight is 264 g/mol. The Morgan fingerprint density at radius 3 is 2.58 bits per heavy atom. The monoisotopic (exact) mass is 264 g/mol. The lowest BCUT2D eigenvalue weighted by atomic mass is 9.82. The first-order valence-corrected chi connectivity index (χ1v) is 7.73. The molecule has 1 aromatic rings. The predicted molar refractivity (Wildman–Crippen MR) is 79.2 cm³/mol. The third-order valence-electron chi connectivity index (χ3n) is 4.70. The molecule has 1 aliphatic heterocycles. The van der Waals surface area contributed by atoms with E-state index in [4.69, 9.17) is 4.42 Å². The van der Waals surface area contributed by atoms with Crippen LogP contribution in [0.25, 0.3) is 0 Å². The van der Waals surface area contributed by atoms with Crippen LogP contribution in [0.1, 0.15) is 58.1 Å². The average Bonchev–Trinajstić information content (AvgIpc) is 2.98. The molecule has 1 saturated heterocycles. The fourth-order valence-corrected chi connectivity index (χ4v) is 3.36. The van der Waals surface area contributed by atoms with E-state index in [0.29, 0.717) is 6.04 Å². The molecule has 3 nitrogen and oxygen atoms in total. The van der Waals surface area contributed by atoms with E-state index in [-0.39, 0.29) is 5.54 Å². The third kappa shape index (κ3) is 3.03. The molecule has 0 saturated carbocycles. The number of likely N-dealkylation sites (tertiary alicyclic amines) is 1. The minimum Gasteiger partial charge on any atom is -0.472 e. The first-order valence-electron chi connectivity index (χ1n) is 7.73. The second kappa shape index (κ2) is 6.58. The van der Waals surface area contributed by atoms with Gasteiger partial charge in [-0.25, -0.2) is 0 Å². The molecule has 1 aromatic heterocycles. The van der Waals surface area contributed by atoms with Crippen molar-refractivity contribution in [3.05, 3.63) is 24.2 Å². The molecule has 2 rings (SSSR count). The summed E-state index contributed by atoms with van der Waals surface area (Å²) in [4.78, 5) is 2.68. The highest BCUT2D eigenvalue weighted by Gasteiger charge is 2.39. The summed E-state index contributed by atoms with van der Waals surface area (Å²) in [6, 6.07) is 2.45. The molecule has 0 radical (unpaired) electrons. The lowest BCUT2D eigenvalue weighted by molar-refractivity contribution is 0.0427. The van der Waals surface area contributed by atoms with Gasteiger partial charge in [0.1, 0.15) is 0 Å². The van der Waals surface area contributed by atoms with Crippen LogP contribution in [0.2, 0.25) is 0 Å². The summed E-state index contributed by atoms with van der Waals surface area (Å²) >= 11 is 0. The Labute approximate surface area is 117 Å². The zero-order chi connectivity index (χ0) is 13.7. The van der Waals surface area contributed by atoms with Gasteiger partial charge >= 0.3 is 0 Å². The molecule has 19 heavy (non-hydrogen) atoms. The van der Waals surface area contributed by atoms with Gasteiger partial charge in [-0.2, -0.15) is 0 Å². The van der Waals surface area contributed by atoms with Crippen LogP contribution < -0.4 is 5.32 Å². The Morgan fingerprint density at radius 2 is 2.05 bits per heavy atom. The maximum Gasteiger partial charge on any atom is 0.0951 e. The summed E-state index contributed by atoms with van der Waals surface area (Å²) in [5.41, 5.74) is 1.44. The zero-order valence-electron chi connectivity index (χ0n) is 12.6. The van der Waals surface area contributed by atoms with Crippen molar-refractivity contribution in [2.75, 3.05) is 19.6 Å². The summed E-state index contributed by atoms with van der Waals surface area (Å²) in [5, 5.41) is 3.67. The first kappa shape index (κ1) is 14.6. The molecule has 0 amide bonds. The number of nitrogens with zero attached hydrogens (tertiary/aromatic N) is 1. The molecule has 0 aromatic carbocycles. The summed E-state index contributed by atoms with van der Waals surface area (Å²) in [7, 11) is 0. The third-order valence-corrected chi connectivity index (χ3v) is 4.70. The van der Waals surface area contributed by atoms with Crippen molar-refractivity contribution in [3.63, 3.8) is 0 Å². The summed E-state index contributed by atoms with van der Waals surface area (Å²) in [6.45, 7) is 10.3. The van der Waals surface area contributed by atoms with Crippen LogP contribution in [0.4, 0.5) is 0 Å². The normalized spacial score (nSPS) is 22.1. The SMILES string of the molecule is CCNC(c1ccoc1)C(C)(CC)N1CCCCC1. The van der Waals surface area contributed by atoms with Crippen LogP contribution in [0.15, 0.2) is 23.0 Å². The maximum absolute atomic E-state index is 5.31. The van der Waals surface area contributed by atoms with Gasteiger partial charge < -0.3 is 9.73 Å². The first-order chi connectivity index (χ1) is 9.22. The molecule has 0 spiro atoms. The zero-order valence-corrected chi connectivity index (χ0v) is 12.6. The minimum atomic E-state index is 0.167. The lowest BCUT2D eigenvalue weighted by Crippen LogP contribution is -2.55. The summed E-state index contributed by atoms with van der Waals surface area (Å²) in [5.74, 6) is 0. The molecule has 2 heterocycles. The van der Waals surface area contributed by atoms with Crippen LogP contribution in [0.5, 0.6) is 0 Å². The van der Waals surface area contributed by atoms with E-state index in [1.165, 1.54) is 37.9 Å². The van der Waals surface area contributed by atoms with Crippen LogP contribution >= 0.6 is 0 Å². The Kier molecular flexibility index (Phi) is 5.06. The van der Waals surface area contributed by atoms with Gasteiger partial charge in [-0.15, -0.1) is 0 Å². The Balaban J connectivity index is 2.24. The number of hydrogen-bond acceptors (Lipinski definition) is 3. The Hall–Kier alpha value is -0.800. The van der Waals surface area contributed by atoms with Crippen molar-refractivity contribution in [3.8, 4) is 0 Å². The van der Waals surface area contributed by atoms with E-state index in [1.807, 2.05) is 6.26 Å². The summed E-state index contributed by atoms with van der Waals surface area (Å²) < 4.78 is 5.31. The molecule has 108 valence electrons. The molecule has 1 aliphatic rings. The molecule has 3 heteroatoms. The summed E-state index contributed by atoms with van der Waals surface area (Å²) in [6.07, 6.45) is 8.88. The molecule has 1 N–H and O–H groups in total. The van der Waals surface area contributed by atoms with Crippen molar-refractivity contribution in [1.82, 2.24) is 10.2 Å². The van der Waals surface area contributed by atoms with Gasteiger partial charge in [-0.05, 0) is 51.9 Å². The highest BCUT2D eigenvalue weighted by molar-refractivity contribution is 5.18. The van der Waals surface area contributed by atoms with Crippen LogP contribution in [0.3, 0.4) is 0 Å². The molecule has 0 bridgehead atoms. The number of furan rings is 1. The van der Waals surface area contributed by atoms with Crippen molar-refractivity contribution < 1.29 is 4.42 Å². The molecule has 0 aliphatic carbocycles. The fraction of sp³-hybridized carbons (Fsp3) is 0.750. The quantitative estimate of drug-likeness (QED) is 0.851. The van der Waals surface area contributed by atoms with Crippen molar-refractivity contribution in [1.29, 1.82) is 0 Å². The fourth-order valence-electron chi connectivity index (χ4n) is 3.36. The minimum absolute atomic E-state index is 0.167. The highest BCUT2D eigenvalue weighted by atomic mass is 16.3. The molecular weight excluding hydrogens is 236 g/mol. The van der Waals surface area contributed by atoms with E-state index in [9.17, 15) is 0 Å². The lowest BCUT2D eigenvalue weighted by Gasteiger charge is -2.48. The number of nitrogens with one attached hydrogen (secondary N) is 1. The van der Waals surface area contributed by atoms with E-state index < -0.39 is 0 Å². The van der Waals surface area contributed by atoms with Crippen molar-refractivity contribution in [2.45, 2.75) is 58.0 Å². The van der Waals surface area contributed by atoms with Gasteiger partial charge in [-0.3, -0.25) is 4.90 Å². The molecule has 2 unspecified atom stereocenters. The highest BCUT2D eigenvalue weighted by Crippen LogP contribution is 2.36. The van der Waals surface area contributed by atoms with Gasteiger partial charge in [0.25, 0.3) is 0 Å². The van der Waals surface area contributed by atoms with Gasteiger partial charge in [0.05, 0.1) is 18.6 Å². The van der Waals surface area contributed by atoms with Crippen molar-refractivity contribution >= 4 is 0 Å². The smallest absolute Gasteiger partial charge is 0.0951 e. The van der Waals surface area contributed by atoms with Crippen LogP contribution in [0, 0.1) is 0 Å². The standard InChI is InChI=1S/C16H28N2O/c1-4-16(3,18-10-7-6-8-11-18)15(17-5-2)14-9-12-19-13-14/h9,12-13,15,17H,4-8,10-11H2,1-3H3. The van der Waals surface area contributed by atoms with E-state index in [0.717, 1.165) is 13.0 Å². The predicted octanol–water partition coefficient (Wildman–Crippen LogP) is 3.58. The Bertz CT molecular complexity index is 357. The Morgan fingerprint density at radius 1 is 1.32 bits per heavy atom. The van der Waals surface area contributed by atoms with E-state index in [2.05, 4.69) is 37.1 Å². The largest absolute Gasteiger partial charge is 0.472 e. The van der Waals surface area contributed by atoms with Gasteiger partial charge in [-0.1, -0.05) is 20.3 Å². The number of piperidine rings is 1. The van der Waals surface area contributed by atoms with Gasteiger partial charge in [0.2, 0.25) is 0 Å². The number of rotatable bonds is 6. The molecule has 1 fully saturated rings. The van der Waals surface area contributed by atoms with E-state index >= 15 is 0 Å². The molecular formula is C16H28N2O. The van der Waals surface area contributed by atoms with Crippen LogP contribution in [-0.2, 0) is 0 Å². The topological polar surface area (TPSA) is 28.4 Å². The number of hydrogen-bond donors (Lipinski definition) is 1. The van der Waals surface area contributed by atoms with Gasteiger partial charge in [0, 0.05) is 11.1 Å². The van der Waals surface area contributed by atoms with Crippen LogP contribution in [-0.4, -0.2) is 30.1 Å². The van der Waals surface area contributed by atoms with Crippen molar-refractivity contribution in [2.24, 2.45) is 0 Å². The van der Waals surface area contributed by atoms with Gasteiger partial charge in [0.15, 0.2) is 0 Å². The maximum atomic E-state index is 5.31. The second-order valence-corrected chi connectivity index (χ2v) is 5.81.